The monoisotopic (exact) mass is 294 g/mol. The van der Waals surface area contributed by atoms with Crippen LogP contribution in [0.4, 0.5) is 0 Å². The van der Waals surface area contributed by atoms with Gasteiger partial charge in [-0.25, -0.2) is 0 Å². The largest absolute Gasteiger partial charge is 0.467 e. The maximum absolute atomic E-state index is 5.23. The Morgan fingerprint density at radius 1 is 1.17 bits per heavy atom. The summed E-state index contributed by atoms with van der Waals surface area (Å²) in [6.45, 7) is 0.227. The van der Waals surface area contributed by atoms with E-state index in [4.69, 9.17) is 9.47 Å². The van der Waals surface area contributed by atoms with Crippen molar-refractivity contribution in [2.75, 3.05) is 6.79 Å². The van der Waals surface area contributed by atoms with Gasteiger partial charge in [-0.2, -0.15) is 0 Å². The van der Waals surface area contributed by atoms with Crippen molar-refractivity contribution in [2.24, 2.45) is 0 Å². The highest BCUT2D eigenvalue weighted by atomic mass is 79.9. The van der Waals surface area contributed by atoms with Gasteiger partial charge in [0.05, 0.1) is 0 Å². The minimum atomic E-state index is -0.159. The molecule has 0 unspecified atom stereocenters. The number of alkyl halides is 2. The summed E-state index contributed by atoms with van der Waals surface area (Å²) in [4.78, 5) is 0. The first kappa shape index (κ1) is 10.0. The number of para-hydroxylation sites is 1. The second kappa shape index (κ2) is 5.56. The Morgan fingerprint density at radius 3 is 2.42 bits per heavy atom. The molecule has 1 aromatic carbocycles. The molecule has 4 heteroatoms. The number of benzene rings is 1. The van der Waals surface area contributed by atoms with E-state index in [9.17, 15) is 0 Å². The van der Waals surface area contributed by atoms with Crippen LogP contribution in [0.5, 0.6) is 5.75 Å². The Hall–Kier alpha value is -0.0600. The molecule has 0 fully saturated rings. The first-order valence-electron chi connectivity index (χ1n) is 3.36. The lowest BCUT2D eigenvalue weighted by molar-refractivity contribution is 0.0347. The predicted molar refractivity (Wildman–Crippen MR) is 54.7 cm³/mol. The predicted octanol–water partition coefficient (Wildman–Crippen LogP) is 3.11. The van der Waals surface area contributed by atoms with Crippen molar-refractivity contribution in [2.45, 2.75) is 3.92 Å². The summed E-state index contributed by atoms with van der Waals surface area (Å²) in [6.07, 6.45) is 0. The Morgan fingerprint density at radius 2 is 1.83 bits per heavy atom. The highest BCUT2D eigenvalue weighted by molar-refractivity contribution is 9.24. The number of hydrogen-bond donors (Lipinski definition) is 0. The lowest BCUT2D eigenvalue weighted by Crippen LogP contribution is -2.04. The summed E-state index contributed by atoms with van der Waals surface area (Å²) in [5.41, 5.74) is 0. The van der Waals surface area contributed by atoms with Gasteiger partial charge in [0.25, 0.3) is 0 Å². The molecule has 0 saturated heterocycles. The maximum atomic E-state index is 5.23. The van der Waals surface area contributed by atoms with Gasteiger partial charge in [0, 0.05) is 0 Å². The zero-order valence-corrected chi connectivity index (χ0v) is 9.42. The molecular formula is C8H8Br2O2. The number of rotatable bonds is 4. The van der Waals surface area contributed by atoms with Gasteiger partial charge in [-0.15, -0.1) is 0 Å². The van der Waals surface area contributed by atoms with E-state index >= 15 is 0 Å². The summed E-state index contributed by atoms with van der Waals surface area (Å²) in [5, 5.41) is 0. The van der Waals surface area contributed by atoms with Crippen molar-refractivity contribution in [3.63, 3.8) is 0 Å². The Kier molecular flexibility index (Phi) is 4.65. The van der Waals surface area contributed by atoms with Crippen LogP contribution in [0.25, 0.3) is 0 Å². The van der Waals surface area contributed by atoms with Gasteiger partial charge in [-0.05, 0) is 44.0 Å². The average Bonchev–Trinajstić information content (AvgIpc) is 2.05. The van der Waals surface area contributed by atoms with Crippen LogP contribution in [0.1, 0.15) is 0 Å². The van der Waals surface area contributed by atoms with Gasteiger partial charge in [-0.1, -0.05) is 18.2 Å². The second-order valence-corrected chi connectivity index (χ2v) is 4.89. The van der Waals surface area contributed by atoms with Crippen LogP contribution in [-0.2, 0) is 4.74 Å². The van der Waals surface area contributed by atoms with Gasteiger partial charge in [0.1, 0.15) is 5.75 Å². The molecule has 0 atom stereocenters. The van der Waals surface area contributed by atoms with Crippen LogP contribution in [0.3, 0.4) is 0 Å². The Bertz CT molecular complexity index is 214. The van der Waals surface area contributed by atoms with Crippen LogP contribution in [0.2, 0.25) is 0 Å². The molecule has 1 aromatic rings. The topological polar surface area (TPSA) is 18.5 Å². The Labute approximate surface area is 88.1 Å². The van der Waals surface area contributed by atoms with Crippen LogP contribution in [0, 0.1) is 0 Å². The van der Waals surface area contributed by atoms with E-state index in [1.165, 1.54) is 0 Å². The molecule has 0 saturated carbocycles. The summed E-state index contributed by atoms with van der Waals surface area (Å²) >= 11 is 6.32. The minimum absolute atomic E-state index is 0.159. The van der Waals surface area contributed by atoms with Gasteiger partial charge in [0.15, 0.2) is 10.7 Å². The average molecular weight is 296 g/mol. The second-order valence-electron chi connectivity index (χ2n) is 2.00. The van der Waals surface area contributed by atoms with Crippen LogP contribution in [-0.4, -0.2) is 10.7 Å². The molecule has 0 spiro atoms. The lowest BCUT2D eigenvalue weighted by atomic mass is 10.3. The molecule has 0 aliphatic rings. The van der Waals surface area contributed by atoms with Crippen molar-refractivity contribution >= 4 is 31.9 Å². The van der Waals surface area contributed by atoms with Crippen molar-refractivity contribution in [1.29, 1.82) is 0 Å². The lowest BCUT2D eigenvalue weighted by Gasteiger charge is -2.06. The molecule has 1 rings (SSSR count). The maximum Gasteiger partial charge on any atom is 0.191 e. The van der Waals surface area contributed by atoms with Gasteiger partial charge in [-0.3, -0.25) is 0 Å². The highest BCUT2D eigenvalue weighted by Crippen LogP contribution is 2.12. The molecule has 0 aliphatic heterocycles. The van der Waals surface area contributed by atoms with E-state index in [0.29, 0.717) is 0 Å². The zero-order valence-electron chi connectivity index (χ0n) is 6.24. The summed E-state index contributed by atoms with van der Waals surface area (Å²) in [7, 11) is 0. The third-order valence-corrected chi connectivity index (χ3v) is 1.69. The van der Waals surface area contributed by atoms with E-state index in [-0.39, 0.29) is 10.7 Å². The van der Waals surface area contributed by atoms with Crippen molar-refractivity contribution < 1.29 is 9.47 Å². The third-order valence-electron chi connectivity index (χ3n) is 1.16. The summed E-state index contributed by atoms with van der Waals surface area (Å²) in [5.74, 6) is 0.804. The first-order chi connectivity index (χ1) is 5.79. The minimum Gasteiger partial charge on any atom is -0.467 e. The van der Waals surface area contributed by atoms with Crippen molar-refractivity contribution in [3.05, 3.63) is 30.3 Å². The molecule has 12 heavy (non-hydrogen) atoms. The molecule has 0 aromatic heterocycles. The van der Waals surface area contributed by atoms with E-state index in [2.05, 4.69) is 31.9 Å². The highest BCUT2D eigenvalue weighted by Gasteiger charge is 1.96. The molecule has 66 valence electrons. The van der Waals surface area contributed by atoms with Crippen molar-refractivity contribution in [3.8, 4) is 5.75 Å². The molecule has 2 nitrogen and oxygen atoms in total. The third kappa shape index (κ3) is 4.09. The molecule has 0 N–H and O–H groups in total. The normalized spacial score (nSPS) is 10.2. The fourth-order valence-corrected chi connectivity index (χ4v) is 0.886. The quantitative estimate of drug-likeness (QED) is 0.628. The van der Waals surface area contributed by atoms with E-state index < -0.39 is 0 Å². The summed E-state index contributed by atoms with van der Waals surface area (Å²) < 4.78 is 10.1. The first-order valence-corrected chi connectivity index (χ1v) is 5.20. The van der Waals surface area contributed by atoms with Crippen molar-refractivity contribution in [1.82, 2.24) is 0 Å². The van der Waals surface area contributed by atoms with E-state index in [1.54, 1.807) is 0 Å². The van der Waals surface area contributed by atoms with Crippen LogP contribution in [0.15, 0.2) is 30.3 Å². The van der Waals surface area contributed by atoms with Gasteiger partial charge >= 0.3 is 0 Å². The molecule has 0 heterocycles. The number of hydrogen-bond acceptors (Lipinski definition) is 2. The Balaban J connectivity index is 2.25. The van der Waals surface area contributed by atoms with Crippen LogP contribution >= 0.6 is 31.9 Å². The van der Waals surface area contributed by atoms with E-state index in [0.717, 1.165) is 5.75 Å². The fourth-order valence-electron chi connectivity index (χ4n) is 0.670. The smallest absolute Gasteiger partial charge is 0.191 e. The molecule has 0 amide bonds. The molecule has 0 radical (unpaired) electrons. The zero-order chi connectivity index (χ0) is 8.81. The van der Waals surface area contributed by atoms with Crippen LogP contribution < -0.4 is 4.74 Å². The molecule has 0 bridgehead atoms. The SMILES string of the molecule is BrC(Br)OCOc1ccccc1. The summed E-state index contributed by atoms with van der Waals surface area (Å²) in [6, 6.07) is 9.51. The van der Waals surface area contributed by atoms with Gasteiger partial charge < -0.3 is 9.47 Å². The van der Waals surface area contributed by atoms with Gasteiger partial charge in [0.2, 0.25) is 0 Å². The number of halogens is 2. The number of ether oxygens (including phenoxy) is 2. The van der Waals surface area contributed by atoms with E-state index in [1.807, 2.05) is 30.3 Å². The standard InChI is InChI=1S/C8H8Br2O2/c9-8(10)12-6-11-7-4-2-1-3-5-7/h1-5,8H,6H2. The molecule has 0 aliphatic carbocycles. The fraction of sp³-hybridized carbons (Fsp3) is 0.250. The molecular weight excluding hydrogens is 288 g/mol.